The van der Waals surface area contributed by atoms with Crippen molar-refractivity contribution in [2.45, 2.75) is 19.5 Å². The number of nitrogens with two attached hydrogens (primary N) is 1. The maximum atomic E-state index is 5.68. The van der Waals surface area contributed by atoms with Crippen LogP contribution < -0.4 is 10.6 Å². The van der Waals surface area contributed by atoms with Crippen LogP contribution in [0.15, 0.2) is 18.5 Å². The van der Waals surface area contributed by atoms with Crippen molar-refractivity contribution < 1.29 is 4.74 Å². The van der Waals surface area contributed by atoms with Crippen LogP contribution in [0.1, 0.15) is 12.5 Å². The molecule has 84 valence electrons. The number of methoxy groups -OCH3 is 1. The standard InChI is InChI=1S/C11H19N3O/c1-9(8-15-3)14(2)11-7-13-5-4-10(11)6-12/h4-5,7,9H,6,8,12H2,1-3H3. The summed E-state index contributed by atoms with van der Waals surface area (Å²) in [7, 11) is 3.73. The van der Waals surface area contributed by atoms with Gasteiger partial charge in [0.25, 0.3) is 0 Å². The highest BCUT2D eigenvalue weighted by molar-refractivity contribution is 5.51. The van der Waals surface area contributed by atoms with E-state index in [-0.39, 0.29) is 0 Å². The van der Waals surface area contributed by atoms with Crippen LogP contribution in [0.2, 0.25) is 0 Å². The van der Waals surface area contributed by atoms with Gasteiger partial charge in [0.05, 0.1) is 18.5 Å². The normalized spacial score (nSPS) is 12.5. The number of pyridine rings is 1. The van der Waals surface area contributed by atoms with Crippen LogP contribution in [0.3, 0.4) is 0 Å². The monoisotopic (exact) mass is 209 g/mol. The second kappa shape index (κ2) is 5.68. The van der Waals surface area contributed by atoms with Gasteiger partial charge in [0.15, 0.2) is 0 Å². The predicted molar refractivity (Wildman–Crippen MR) is 61.9 cm³/mol. The SMILES string of the molecule is COCC(C)N(C)c1cnccc1CN. The number of likely N-dealkylation sites (N-methyl/N-ethyl adjacent to an activating group) is 1. The Labute approximate surface area is 91.1 Å². The summed E-state index contributed by atoms with van der Waals surface area (Å²) in [6.07, 6.45) is 3.61. The van der Waals surface area contributed by atoms with Gasteiger partial charge in [-0.15, -0.1) is 0 Å². The van der Waals surface area contributed by atoms with Crippen LogP contribution in [-0.4, -0.2) is 31.8 Å². The topological polar surface area (TPSA) is 51.4 Å². The fourth-order valence-electron chi connectivity index (χ4n) is 1.50. The summed E-state index contributed by atoms with van der Waals surface area (Å²) in [6, 6.07) is 2.26. The number of hydrogen-bond donors (Lipinski definition) is 1. The number of nitrogens with zero attached hydrogens (tertiary/aromatic N) is 2. The lowest BCUT2D eigenvalue weighted by Gasteiger charge is -2.27. The molecular weight excluding hydrogens is 190 g/mol. The predicted octanol–water partition coefficient (Wildman–Crippen LogP) is 1.01. The average Bonchev–Trinajstić information content (AvgIpc) is 2.28. The molecule has 1 rings (SSSR count). The number of aromatic nitrogens is 1. The molecule has 0 aliphatic carbocycles. The maximum Gasteiger partial charge on any atom is 0.0663 e. The third kappa shape index (κ3) is 2.91. The molecule has 0 saturated carbocycles. The Morgan fingerprint density at radius 3 is 2.93 bits per heavy atom. The van der Waals surface area contributed by atoms with Gasteiger partial charge in [-0.2, -0.15) is 0 Å². The van der Waals surface area contributed by atoms with Crippen molar-refractivity contribution in [3.8, 4) is 0 Å². The molecule has 0 spiro atoms. The number of rotatable bonds is 5. The Kier molecular flexibility index (Phi) is 4.52. The minimum absolute atomic E-state index is 0.310. The Hall–Kier alpha value is -1.13. The van der Waals surface area contributed by atoms with Crippen LogP contribution in [0, 0.1) is 0 Å². The lowest BCUT2D eigenvalue weighted by atomic mass is 10.2. The smallest absolute Gasteiger partial charge is 0.0663 e. The fraction of sp³-hybridized carbons (Fsp3) is 0.545. The average molecular weight is 209 g/mol. The third-order valence-corrected chi connectivity index (χ3v) is 2.56. The van der Waals surface area contributed by atoms with E-state index in [1.54, 1.807) is 13.3 Å². The molecule has 1 heterocycles. The van der Waals surface area contributed by atoms with Crippen molar-refractivity contribution in [2.75, 3.05) is 25.7 Å². The molecule has 0 aromatic carbocycles. The van der Waals surface area contributed by atoms with E-state index in [0.717, 1.165) is 11.3 Å². The summed E-state index contributed by atoms with van der Waals surface area (Å²) in [6.45, 7) is 3.33. The molecule has 1 atom stereocenters. The van der Waals surface area contributed by atoms with Gasteiger partial charge in [-0.3, -0.25) is 4.98 Å². The summed E-state index contributed by atoms with van der Waals surface area (Å²) in [5.41, 5.74) is 7.86. The molecule has 0 fully saturated rings. The van der Waals surface area contributed by atoms with Gasteiger partial charge >= 0.3 is 0 Å². The van der Waals surface area contributed by atoms with E-state index < -0.39 is 0 Å². The first kappa shape index (κ1) is 11.9. The van der Waals surface area contributed by atoms with Crippen LogP contribution >= 0.6 is 0 Å². The van der Waals surface area contributed by atoms with E-state index in [1.165, 1.54) is 0 Å². The van der Waals surface area contributed by atoms with E-state index in [4.69, 9.17) is 10.5 Å². The maximum absolute atomic E-state index is 5.68. The van der Waals surface area contributed by atoms with E-state index in [0.29, 0.717) is 19.2 Å². The molecule has 0 bridgehead atoms. The molecule has 1 unspecified atom stereocenters. The molecule has 15 heavy (non-hydrogen) atoms. The highest BCUT2D eigenvalue weighted by Crippen LogP contribution is 2.19. The van der Waals surface area contributed by atoms with Gasteiger partial charge in [-0.1, -0.05) is 0 Å². The van der Waals surface area contributed by atoms with Gasteiger partial charge in [0.1, 0.15) is 0 Å². The quantitative estimate of drug-likeness (QED) is 0.786. The second-order valence-electron chi connectivity index (χ2n) is 3.62. The highest BCUT2D eigenvalue weighted by atomic mass is 16.5. The molecule has 2 N–H and O–H groups in total. The zero-order valence-electron chi connectivity index (χ0n) is 9.60. The van der Waals surface area contributed by atoms with Gasteiger partial charge in [0, 0.05) is 32.9 Å². The lowest BCUT2D eigenvalue weighted by Crippen LogP contribution is -2.33. The molecular formula is C11H19N3O. The van der Waals surface area contributed by atoms with Crippen molar-refractivity contribution in [1.82, 2.24) is 4.98 Å². The summed E-state index contributed by atoms with van der Waals surface area (Å²) in [4.78, 5) is 6.26. The Morgan fingerprint density at radius 2 is 2.33 bits per heavy atom. The van der Waals surface area contributed by atoms with Crippen LogP contribution in [0.25, 0.3) is 0 Å². The summed E-state index contributed by atoms with van der Waals surface area (Å²) < 4.78 is 5.13. The molecule has 0 amide bonds. The van der Waals surface area contributed by atoms with Crippen molar-refractivity contribution in [2.24, 2.45) is 5.73 Å². The highest BCUT2D eigenvalue weighted by Gasteiger charge is 2.12. The van der Waals surface area contributed by atoms with Crippen LogP contribution in [-0.2, 0) is 11.3 Å². The van der Waals surface area contributed by atoms with E-state index in [9.17, 15) is 0 Å². The van der Waals surface area contributed by atoms with Gasteiger partial charge < -0.3 is 15.4 Å². The van der Waals surface area contributed by atoms with Crippen molar-refractivity contribution in [1.29, 1.82) is 0 Å². The summed E-state index contributed by atoms with van der Waals surface area (Å²) >= 11 is 0. The number of hydrogen-bond acceptors (Lipinski definition) is 4. The second-order valence-corrected chi connectivity index (χ2v) is 3.62. The van der Waals surface area contributed by atoms with E-state index >= 15 is 0 Å². The molecule has 4 nitrogen and oxygen atoms in total. The lowest BCUT2D eigenvalue weighted by molar-refractivity contribution is 0.183. The van der Waals surface area contributed by atoms with Gasteiger partial charge in [-0.05, 0) is 18.6 Å². The zero-order valence-corrected chi connectivity index (χ0v) is 9.60. The zero-order chi connectivity index (χ0) is 11.3. The Morgan fingerprint density at radius 1 is 1.60 bits per heavy atom. The first-order valence-corrected chi connectivity index (χ1v) is 5.05. The van der Waals surface area contributed by atoms with Crippen LogP contribution in [0.4, 0.5) is 5.69 Å². The summed E-state index contributed by atoms with van der Waals surface area (Å²) in [5, 5.41) is 0. The van der Waals surface area contributed by atoms with E-state index in [2.05, 4.69) is 16.8 Å². The van der Waals surface area contributed by atoms with Crippen molar-refractivity contribution in [3.05, 3.63) is 24.0 Å². The third-order valence-electron chi connectivity index (χ3n) is 2.56. The van der Waals surface area contributed by atoms with Crippen LogP contribution in [0.5, 0.6) is 0 Å². The van der Waals surface area contributed by atoms with Crippen molar-refractivity contribution >= 4 is 5.69 Å². The molecule has 0 aliphatic rings. The first-order chi connectivity index (χ1) is 7.20. The molecule has 4 heteroatoms. The largest absolute Gasteiger partial charge is 0.383 e. The molecule has 0 saturated heterocycles. The van der Waals surface area contributed by atoms with Gasteiger partial charge in [0.2, 0.25) is 0 Å². The minimum Gasteiger partial charge on any atom is -0.383 e. The number of anilines is 1. The minimum atomic E-state index is 0.310. The molecule has 0 aliphatic heterocycles. The fourth-order valence-corrected chi connectivity index (χ4v) is 1.50. The number of ether oxygens (including phenoxy) is 1. The van der Waals surface area contributed by atoms with Crippen molar-refractivity contribution in [3.63, 3.8) is 0 Å². The van der Waals surface area contributed by atoms with Gasteiger partial charge in [-0.25, -0.2) is 0 Å². The summed E-state index contributed by atoms with van der Waals surface area (Å²) in [5.74, 6) is 0. The molecule has 1 aromatic heterocycles. The Bertz CT molecular complexity index is 304. The Balaban J connectivity index is 2.84. The van der Waals surface area contributed by atoms with E-state index in [1.807, 2.05) is 19.3 Å². The molecule has 1 aromatic rings. The molecule has 0 radical (unpaired) electrons. The first-order valence-electron chi connectivity index (χ1n) is 5.05.